The van der Waals surface area contributed by atoms with Gasteiger partial charge in [-0.3, -0.25) is 4.79 Å². The monoisotopic (exact) mass is 524 g/mol. The van der Waals surface area contributed by atoms with Crippen LogP contribution in [0.15, 0.2) is 23.8 Å². The van der Waals surface area contributed by atoms with Crippen molar-refractivity contribution in [2.75, 3.05) is 6.61 Å². The molecule has 7 atom stereocenters. The summed E-state index contributed by atoms with van der Waals surface area (Å²) in [5.74, 6) is -2.95. The summed E-state index contributed by atoms with van der Waals surface area (Å²) >= 11 is 0. The molecule has 1 aromatic carbocycles. The lowest BCUT2D eigenvalue weighted by atomic mass is 9.66. The molecule has 3 rings (SSSR count). The number of hydrogen-bond donors (Lipinski definition) is 6. The highest BCUT2D eigenvalue weighted by molar-refractivity contribution is 5.92. The summed E-state index contributed by atoms with van der Waals surface area (Å²) in [6.45, 7) is 7.29. The lowest BCUT2D eigenvalue weighted by Crippen LogP contribution is -2.59. The summed E-state index contributed by atoms with van der Waals surface area (Å²) in [4.78, 5) is 24.2. The van der Waals surface area contributed by atoms with Crippen LogP contribution >= 0.6 is 0 Å². The van der Waals surface area contributed by atoms with Crippen molar-refractivity contribution in [3.8, 4) is 17.2 Å². The van der Waals surface area contributed by atoms with E-state index in [1.165, 1.54) is 0 Å². The number of esters is 1. The number of aliphatic hydroxyl groups is 3. The molecule has 0 aromatic heterocycles. The Morgan fingerprint density at radius 2 is 1.73 bits per heavy atom. The first-order chi connectivity index (χ1) is 17.2. The zero-order chi connectivity index (χ0) is 27.7. The number of ether oxygens (including phenoxy) is 3. The Kier molecular flexibility index (Phi) is 8.86. The van der Waals surface area contributed by atoms with Crippen LogP contribution in [0.3, 0.4) is 0 Å². The van der Waals surface area contributed by atoms with Crippen molar-refractivity contribution in [3.05, 3.63) is 29.3 Å². The first-order valence-electron chi connectivity index (χ1n) is 12.2. The molecule has 0 unspecified atom stereocenters. The number of rotatable bonds is 8. The van der Waals surface area contributed by atoms with Gasteiger partial charge in [-0.2, -0.15) is 0 Å². The summed E-state index contributed by atoms with van der Waals surface area (Å²) in [7, 11) is 0. The van der Waals surface area contributed by atoms with E-state index < -0.39 is 66.6 Å². The van der Waals surface area contributed by atoms with Gasteiger partial charge in [0.15, 0.2) is 29.3 Å². The van der Waals surface area contributed by atoms with Crippen LogP contribution in [0.25, 0.3) is 0 Å². The molecular formula is C26H36O11. The normalized spacial score (nSPS) is 30.5. The standard InChI is InChI=1S/C26H36O11/c1-12-7-15(27)10-26(3,4)16(12)6-5-13(2)36-25-23(33)22(32)21(31)19(37-25)11-35-24(34)14-8-17(28)20(30)18(29)9-14/h7-9,13,16,19,21-23,25,28-33H,5-6,10-11H2,1-4H3/t13-,16-,19+,21-,22-,23-,25+/m1/s1. The smallest absolute Gasteiger partial charge is 0.338 e. The van der Waals surface area contributed by atoms with Crippen molar-refractivity contribution in [1.82, 2.24) is 0 Å². The quantitative estimate of drug-likeness (QED) is 0.214. The van der Waals surface area contributed by atoms with Gasteiger partial charge in [0.2, 0.25) is 0 Å². The number of phenols is 3. The molecule has 206 valence electrons. The van der Waals surface area contributed by atoms with E-state index >= 15 is 0 Å². The molecule has 37 heavy (non-hydrogen) atoms. The highest BCUT2D eigenvalue weighted by atomic mass is 16.7. The molecule has 0 spiro atoms. The third-order valence-electron chi connectivity index (χ3n) is 7.09. The van der Waals surface area contributed by atoms with Gasteiger partial charge in [0.05, 0.1) is 11.7 Å². The lowest BCUT2D eigenvalue weighted by Gasteiger charge is -2.41. The molecule has 1 aliphatic heterocycles. The van der Waals surface area contributed by atoms with Crippen LogP contribution in [0.4, 0.5) is 0 Å². The van der Waals surface area contributed by atoms with E-state index in [1.807, 2.05) is 6.92 Å². The van der Waals surface area contributed by atoms with Crippen LogP contribution in [0.5, 0.6) is 17.2 Å². The van der Waals surface area contributed by atoms with Gasteiger partial charge in [-0.15, -0.1) is 0 Å². The maximum atomic E-state index is 12.3. The maximum absolute atomic E-state index is 12.3. The molecule has 1 aliphatic carbocycles. The summed E-state index contributed by atoms with van der Waals surface area (Å²) in [6.07, 6.45) is -4.29. The van der Waals surface area contributed by atoms with Crippen LogP contribution in [-0.2, 0) is 19.0 Å². The van der Waals surface area contributed by atoms with E-state index in [2.05, 4.69) is 13.8 Å². The van der Waals surface area contributed by atoms with Crippen LogP contribution in [0.1, 0.15) is 57.3 Å². The summed E-state index contributed by atoms with van der Waals surface area (Å²) in [5.41, 5.74) is 0.548. The molecule has 0 radical (unpaired) electrons. The Morgan fingerprint density at radius 3 is 2.32 bits per heavy atom. The number of phenolic OH excluding ortho intramolecular Hbond substituents is 3. The van der Waals surface area contributed by atoms with Gasteiger partial charge in [0.25, 0.3) is 0 Å². The Balaban J connectivity index is 1.59. The predicted octanol–water partition coefficient (Wildman–Crippen LogP) is 1.51. The van der Waals surface area contributed by atoms with Gasteiger partial charge >= 0.3 is 5.97 Å². The fourth-order valence-electron chi connectivity index (χ4n) is 5.04. The summed E-state index contributed by atoms with van der Waals surface area (Å²) < 4.78 is 16.5. The topological polar surface area (TPSA) is 183 Å². The number of carbonyl (C=O) groups is 2. The highest BCUT2D eigenvalue weighted by Gasteiger charge is 2.45. The zero-order valence-corrected chi connectivity index (χ0v) is 21.3. The van der Waals surface area contributed by atoms with E-state index in [0.29, 0.717) is 12.8 Å². The first-order valence-corrected chi connectivity index (χ1v) is 12.2. The largest absolute Gasteiger partial charge is 0.504 e. The number of aromatic hydroxyl groups is 3. The van der Waals surface area contributed by atoms with E-state index in [4.69, 9.17) is 14.2 Å². The molecule has 11 nitrogen and oxygen atoms in total. The van der Waals surface area contributed by atoms with Crippen molar-refractivity contribution in [1.29, 1.82) is 0 Å². The number of allylic oxidation sites excluding steroid dienone is 2. The van der Waals surface area contributed by atoms with Crippen LogP contribution in [0, 0.1) is 11.3 Å². The van der Waals surface area contributed by atoms with Gasteiger partial charge in [-0.05, 0) is 56.2 Å². The minimum absolute atomic E-state index is 0.111. The lowest BCUT2D eigenvalue weighted by molar-refractivity contribution is -0.310. The van der Waals surface area contributed by atoms with Crippen LogP contribution in [0.2, 0.25) is 0 Å². The minimum Gasteiger partial charge on any atom is -0.504 e. The Labute approximate surface area is 214 Å². The number of aliphatic hydroxyl groups excluding tert-OH is 3. The molecule has 11 heteroatoms. The predicted molar refractivity (Wildman–Crippen MR) is 129 cm³/mol. The van der Waals surface area contributed by atoms with Crippen molar-refractivity contribution >= 4 is 11.8 Å². The molecule has 2 aliphatic rings. The maximum Gasteiger partial charge on any atom is 0.338 e. The molecule has 0 saturated carbocycles. The second-order valence-electron chi connectivity index (χ2n) is 10.6. The van der Waals surface area contributed by atoms with E-state index in [1.54, 1.807) is 13.0 Å². The van der Waals surface area contributed by atoms with Crippen molar-refractivity contribution < 1.29 is 54.4 Å². The van der Waals surface area contributed by atoms with Crippen molar-refractivity contribution in [3.63, 3.8) is 0 Å². The fourth-order valence-corrected chi connectivity index (χ4v) is 5.04. The number of hydrogen-bond acceptors (Lipinski definition) is 11. The molecule has 1 saturated heterocycles. The van der Waals surface area contributed by atoms with Crippen molar-refractivity contribution in [2.24, 2.45) is 11.3 Å². The first kappa shape index (κ1) is 28.9. The Hall–Kier alpha value is -2.70. The molecule has 0 bridgehead atoms. The Morgan fingerprint density at radius 1 is 1.11 bits per heavy atom. The fraction of sp³-hybridized carbons (Fsp3) is 0.615. The number of carbonyl (C=O) groups excluding carboxylic acids is 2. The molecule has 0 amide bonds. The van der Waals surface area contributed by atoms with Crippen molar-refractivity contribution in [2.45, 2.75) is 83.8 Å². The molecular weight excluding hydrogens is 488 g/mol. The number of benzene rings is 1. The van der Waals surface area contributed by atoms with Gasteiger partial charge < -0.3 is 44.8 Å². The average Bonchev–Trinajstić information content (AvgIpc) is 2.80. The second-order valence-corrected chi connectivity index (χ2v) is 10.6. The summed E-state index contributed by atoms with van der Waals surface area (Å²) in [6, 6.07) is 1.78. The SMILES string of the molecule is CC1=CC(=O)CC(C)(C)[C@@H]1CC[C@@H](C)O[C@H]1O[C@@H](COC(=O)c2cc(O)c(O)c(O)c2)[C@@H](O)[C@@H](O)[C@H]1O. The third-order valence-corrected chi connectivity index (χ3v) is 7.09. The molecule has 6 N–H and O–H groups in total. The minimum atomic E-state index is -1.63. The molecule has 1 heterocycles. The molecule has 1 aromatic rings. The van der Waals surface area contributed by atoms with Gasteiger partial charge in [0.1, 0.15) is 31.0 Å². The van der Waals surface area contributed by atoms with Crippen LogP contribution in [-0.4, -0.2) is 85.8 Å². The zero-order valence-electron chi connectivity index (χ0n) is 21.3. The van der Waals surface area contributed by atoms with Gasteiger partial charge in [-0.1, -0.05) is 19.4 Å². The third kappa shape index (κ3) is 6.60. The van der Waals surface area contributed by atoms with E-state index in [-0.39, 0.29) is 22.7 Å². The highest BCUT2D eigenvalue weighted by Crippen LogP contribution is 2.42. The van der Waals surface area contributed by atoms with Crippen LogP contribution < -0.4 is 0 Å². The molecule has 1 fully saturated rings. The average molecular weight is 525 g/mol. The number of ketones is 1. The van der Waals surface area contributed by atoms with E-state index in [0.717, 1.165) is 24.1 Å². The van der Waals surface area contributed by atoms with E-state index in [9.17, 15) is 40.2 Å². The van der Waals surface area contributed by atoms with Gasteiger partial charge in [0, 0.05) is 6.42 Å². The Bertz CT molecular complexity index is 1010. The van der Waals surface area contributed by atoms with Gasteiger partial charge in [-0.25, -0.2) is 4.79 Å². The summed E-state index contributed by atoms with van der Waals surface area (Å²) in [5, 5.41) is 59.6. The second kappa shape index (κ2) is 11.4.